The third-order valence-corrected chi connectivity index (χ3v) is 7.63. The lowest BCUT2D eigenvalue weighted by Gasteiger charge is -2.21. The summed E-state index contributed by atoms with van der Waals surface area (Å²) in [4.78, 5) is 22.0. The number of rotatable bonds is 8. The molecule has 0 fully saturated rings. The summed E-state index contributed by atoms with van der Waals surface area (Å²) in [6, 6.07) is 12.2. The van der Waals surface area contributed by atoms with Gasteiger partial charge in [0.25, 0.3) is 5.91 Å². The van der Waals surface area contributed by atoms with Gasteiger partial charge in [0.2, 0.25) is 0 Å². The molecule has 3 rings (SSSR count). The van der Waals surface area contributed by atoms with Gasteiger partial charge in [-0.25, -0.2) is 13.4 Å². The SMILES string of the molecule is CCS(=O)(=O)c1ccc(C(=O)N(CCCN(C)C)c2nc3ccc(C)cc3s2)cc1. The van der Waals surface area contributed by atoms with E-state index in [1.165, 1.54) is 23.5 Å². The largest absolute Gasteiger partial charge is 0.309 e. The molecule has 1 amide bonds. The summed E-state index contributed by atoms with van der Waals surface area (Å²) >= 11 is 1.50. The molecule has 2 aromatic carbocycles. The lowest BCUT2D eigenvalue weighted by molar-refractivity contribution is 0.0986. The third-order valence-electron chi connectivity index (χ3n) is 4.84. The molecule has 0 bridgehead atoms. The van der Waals surface area contributed by atoms with Crippen molar-refractivity contribution in [1.29, 1.82) is 0 Å². The molecule has 160 valence electrons. The molecule has 0 N–H and O–H groups in total. The van der Waals surface area contributed by atoms with Crippen LogP contribution in [0.25, 0.3) is 10.2 Å². The molecule has 0 saturated carbocycles. The lowest BCUT2D eigenvalue weighted by Crippen LogP contribution is -2.33. The number of amides is 1. The van der Waals surface area contributed by atoms with Crippen molar-refractivity contribution in [3.8, 4) is 0 Å². The van der Waals surface area contributed by atoms with Crippen molar-refractivity contribution in [3.63, 3.8) is 0 Å². The average molecular weight is 446 g/mol. The molecule has 0 aliphatic rings. The summed E-state index contributed by atoms with van der Waals surface area (Å²) in [6.45, 7) is 5.02. The van der Waals surface area contributed by atoms with Crippen LogP contribution in [0.2, 0.25) is 0 Å². The summed E-state index contributed by atoms with van der Waals surface area (Å²) in [6.07, 6.45) is 0.802. The molecule has 8 heteroatoms. The highest BCUT2D eigenvalue weighted by Crippen LogP contribution is 2.30. The van der Waals surface area contributed by atoms with Gasteiger partial charge < -0.3 is 4.90 Å². The number of carbonyl (C=O) groups is 1. The van der Waals surface area contributed by atoms with Gasteiger partial charge in [0.05, 0.1) is 20.9 Å². The molecule has 30 heavy (non-hydrogen) atoms. The number of aromatic nitrogens is 1. The molecule has 0 aliphatic carbocycles. The summed E-state index contributed by atoms with van der Waals surface area (Å²) in [7, 11) is 0.700. The second-order valence-corrected chi connectivity index (χ2v) is 10.8. The molecule has 0 radical (unpaired) electrons. The standard InChI is InChI=1S/C22H27N3O3S2/c1-5-30(27,28)18-10-8-17(9-11-18)21(26)25(14-6-13-24(3)4)22-23-19-12-7-16(2)15-20(19)29-22/h7-12,15H,5-6,13-14H2,1-4H3. The Labute approximate surface area is 182 Å². The zero-order valence-electron chi connectivity index (χ0n) is 17.8. The average Bonchev–Trinajstić information content (AvgIpc) is 3.13. The Morgan fingerprint density at radius 3 is 2.40 bits per heavy atom. The Morgan fingerprint density at radius 2 is 1.77 bits per heavy atom. The first kappa shape index (κ1) is 22.4. The van der Waals surface area contributed by atoms with Gasteiger partial charge in [-0.1, -0.05) is 24.3 Å². The number of hydrogen-bond donors (Lipinski definition) is 0. The fourth-order valence-electron chi connectivity index (χ4n) is 3.09. The van der Waals surface area contributed by atoms with Crippen LogP contribution in [0.5, 0.6) is 0 Å². The van der Waals surface area contributed by atoms with E-state index in [-0.39, 0.29) is 16.6 Å². The first-order chi connectivity index (χ1) is 14.2. The predicted octanol–water partition coefficient (Wildman–Crippen LogP) is 4.00. The number of thiazole rings is 1. The Bertz CT molecular complexity index is 1140. The van der Waals surface area contributed by atoms with E-state index < -0.39 is 9.84 Å². The van der Waals surface area contributed by atoms with E-state index in [4.69, 9.17) is 0 Å². The van der Waals surface area contributed by atoms with Crippen LogP contribution in [0, 0.1) is 6.92 Å². The van der Waals surface area contributed by atoms with Crippen LogP contribution in [-0.4, -0.2) is 57.1 Å². The van der Waals surface area contributed by atoms with Crippen molar-refractivity contribution in [1.82, 2.24) is 9.88 Å². The molecule has 0 unspecified atom stereocenters. The third kappa shape index (κ3) is 5.06. The number of aryl methyl sites for hydroxylation is 1. The van der Waals surface area contributed by atoms with Crippen LogP contribution in [0.4, 0.5) is 5.13 Å². The summed E-state index contributed by atoms with van der Waals surface area (Å²) in [5, 5.41) is 0.657. The van der Waals surface area contributed by atoms with Crippen LogP contribution in [0.1, 0.15) is 29.3 Å². The van der Waals surface area contributed by atoms with Crippen molar-refractivity contribution >= 4 is 42.4 Å². The number of hydrogen-bond acceptors (Lipinski definition) is 6. The van der Waals surface area contributed by atoms with E-state index in [2.05, 4.69) is 16.0 Å². The van der Waals surface area contributed by atoms with Crippen molar-refractivity contribution in [2.24, 2.45) is 0 Å². The van der Waals surface area contributed by atoms with Crippen molar-refractivity contribution in [2.45, 2.75) is 25.2 Å². The molecule has 3 aromatic rings. The first-order valence-electron chi connectivity index (χ1n) is 9.88. The van der Waals surface area contributed by atoms with E-state index >= 15 is 0 Å². The molecule has 1 aromatic heterocycles. The molecular formula is C22H27N3O3S2. The predicted molar refractivity (Wildman–Crippen MR) is 123 cm³/mol. The Balaban J connectivity index is 1.93. The van der Waals surface area contributed by atoms with Gasteiger partial charge in [0.15, 0.2) is 15.0 Å². The maximum atomic E-state index is 13.3. The van der Waals surface area contributed by atoms with E-state index in [9.17, 15) is 13.2 Å². The van der Waals surface area contributed by atoms with Crippen molar-refractivity contribution in [2.75, 3.05) is 37.8 Å². The summed E-state index contributed by atoms with van der Waals surface area (Å²) in [5.41, 5.74) is 2.47. The monoisotopic (exact) mass is 445 g/mol. The highest BCUT2D eigenvalue weighted by molar-refractivity contribution is 7.91. The number of fused-ring (bicyclic) bond motifs is 1. The Hall–Kier alpha value is -2.29. The highest BCUT2D eigenvalue weighted by Gasteiger charge is 2.22. The normalized spacial score (nSPS) is 11.9. The molecule has 0 atom stereocenters. The minimum Gasteiger partial charge on any atom is -0.309 e. The summed E-state index contributed by atoms with van der Waals surface area (Å²) < 4.78 is 25.2. The van der Waals surface area contributed by atoms with Crippen LogP contribution in [0.15, 0.2) is 47.4 Å². The molecule has 0 spiro atoms. The number of carbonyl (C=O) groups excluding carboxylic acids is 1. The fourth-order valence-corrected chi connectivity index (χ4v) is 5.06. The molecule has 1 heterocycles. The van der Waals surface area contributed by atoms with Crippen LogP contribution >= 0.6 is 11.3 Å². The first-order valence-corrected chi connectivity index (χ1v) is 12.3. The molecule has 6 nitrogen and oxygen atoms in total. The lowest BCUT2D eigenvalue weighted by atomic mass is 10.2. The smallest absolute Gasteiger partial charge is 0.260 e. The number of benzene rings is 2. The zero-order valence-corrected chi connectivity index (χ0v) is 19.4. The maximum absolute atomic E-state index is 13.3. The Kier molecular flexibility index (Phi) is 6.90. The van der Waals surface area contributed by atoms with Gasteiger partial charge in [-0.3, -0.25) is 9.69 Å². The zero-order chi connectivity index (χ0) is 21.9. The van der Waals surface area contributed by atoms with E-state index in [0.29, 0.717) is 17.2 Å². The van der Waals surface area contributed by atoms with Gasteiger partial charge in [0, 0.05) is 12.1 Å². The molecular weight excluding hydrogens is 418 g/mol. The second kappa shape index (κ2) is 9.24. The topological polar surface area (TPSA) is 70.6 Å². The molecule has 0 saturated heterocycles. The Morgan fingerprint density at radius 1 is 1.07 bits per heavy atom. The van der Waals surface area contributed by atoms with Crippen molar-refractivity contribution < 1.29 is 13.2 Å². The van der Waals surface area contributed by atoms with Crippen LogP contribution < -0.4 is 4.90 Å². The van der Waals surface area contributed by atoms with Gasteiger partial charge in [-0.15, -0.1) is 0 Å². The molecule has 0 aliphatic heterocycles. The number of anilines is 1. The summed E-state index contributed by atoms with van der Waals surface area (Å²) in [5.74, 6) is -0.146. The van der Waals surface area contributed by atoms with Crippen molar-refractivity contribution in [3.05, 3.63) is 53.6 Å². The number of sulfone groups is 1. The number of nitrogens with zero attached hydrogens (tertiary/aromatic N) is 3. The van der Waals surface area contributed by atoms with Gasteiger partial charge in [-0.05, 0) is 75.9 Å². The van der Waals surface area contributed by atoms with E-state index in [1.54, 1.807) is 24.0 Å². The maximum Gasteiger partial charge on any atom is 0.260 e. The van der Waals surface area contributed by atoms with E-state index in [0.717, 1.165) is 28.7 Å². The van der Waals surface area contributed by atoms with Crippen LogP contribution in [0.3, 0.4) is 0 Å². The van der Waals surface area contributed by atoms with Gasteiger partial charge in [-0.2, -0.15) is 0 Å². The minimum atomic E-state index is -3.30. The second-order valence-electron chi connectivity index (χ2n) is 7.51. The van der Waals surface area contributed by atoms with Gasteiger partial charge in [0.1, 0.15) is 0 Å². The fraction of sp³-hybridized carbons (Fsp3) is 0.364. The van der Waals surface area contributed by atoms with Crippen LogP contribution in [-0.2, 0) is 9.84 Å². The van der Waals surface area contributed by atoms with E-state index in [1.807, 2.05) is 33.2 Å². The highest BCUT2D eigenvalue weighted by atomic mass is 32.2. The minimum absolute atomic E-state index is 0.0298. The van der Waals surface area contributed by atoms with Gasteiger partial charge >= 0.3 is 0 Å². The quantitative estimate of drug-likeness (QED) is 0.524.